The minimum Gasteiger partial charge on any atom is -0.392 e. The number of aliphatic hydroxyl groups is 1. The highest BCUT2D eigenvalue weighted by molar-refractivity contribution is 6.23. The minimum atomic E-state index is -2.08. The number of benzodiazepines with no additional fused rings is 1. The Hall–Kier alpha value is -2.83. The summed E-state index contributed by atoms with van der Waals surface area (Å²) in [6, 6.07) is 17.7. The van der Waals surface area contributed by atoms with Crippen LogP contribution in [0.5, 0.6) is 0 Å². The fourth-order valence-electron chi connectivity index (χ4n) is 6.53. The molecule has 1 amide bonds. The molecule has 5 rings (SSSR count). The molecule has 0 saturated heterocycles. The molecule has 2 aromatic carbocycles. The summed E-state index contributed by atoms with van der Waals surface area (Å²) in [6.07, 6.45) is 10.6. The number of unbranched alkanes of at least 4 members (excludes halogenated alkanes) is 1. The van der Waals surface area contributed by atoms with Crippen molar-refractivity contribution in [1.29, 1.82) is 0 Å². The first-order chi connectivity index (χ1) is 19.4. The van der Waals surface area contributed by atoms with Gasteiger partial charge in [-0.1, -0.05) is 107 Å². The third kappa shape index (κ3) is 6.23. The second-order valence-electron chi connectivity index (χ2n) is 12.2. The number of aliphatic hydroxyl groups excluding tert-OH is 1. The Kier molecular flexibility index (Phi) is 9.17. The van der Waals surface area contributed by atoms with Gasteiger partial charge in [-0.15, -0.1) is 0 Å². The monoisotopic (exact) mass is 543 g/mol. The first-order valence-corrected chi connectivity index (χ1v) is 15.5. The number of ketones is 1. The van der Waals surface area contributed by atoms with Crippen molar-refractivity contribution in [2.75, 3.05) is 4.90 Å². The van der Waals surface area contributed by atoms with Crippen molar-refractivity contribution >= 4 is 23.1 Å². The lowest BCUT2D eigenvalue weighted by Crippen LogP contribution is -2.62. The van der Waals surface area contributed by atoms with Crippen LogP contribution in [0.15, 0.2) is 59.6 Å². The molecule has 3 atom stereocenters. The maximum absolute atomic E-state index is 14.6. The molecule has 3 N–H and O–H groups in total. The van der Waals surface area contributed by atoms with E-state index in [1.165, 1.54) is 12.8 Å². The number of rotatable bonds is 11. The number of benzene rings is 2. The third-order valence-corrected chi connectivity index (χ3v) is 9.08. The molecule has 2 fully saturated rings. The number of hydrogen-bond acceptors (Lipinski definition) is 5. The quantitative estimate of drug-likeness (QED) is 0.261. The Morgan fingerprint density at radius 1 is 1.02 bits per heavy atom. The summed E-state index contributed by atoms with van der Waals surface area (Å²) in [7, 11) is 0. The van der Waals surface area contributed by atoms with Crippen LogP contribution in [0, 0.1) is 17.8 Å². The number of Topliss-reactive ketones (excluding diaryl/α,β-unsaturated/α-hetero) is 1. The Morgan fingerprint density at radius 3 is 2.38 bits per heavy atom. The molecule has 6 nitrogen and oxygen atoms in total. The summed E-state index contributed by atoms with van der Waals surface area (Å²) < 4.78 is 0. The molecule has 1 heterocycles. The van der Waals surface area contributed by atoms with Gasteiger partial charge >= 0.3 is 0 Å². The second-order valence-corrected chi connectivity index (χ2v) is 12.2. The molecule has 0 spiro atoms. The third-order valence-electron chi connectivity index (χ3n) is 9.08. The highest BCUT2D eigenvalue weighted by atomic mass is 16.3. The summed E-state index contributed by atoms with van der Waals surface area (Å²) >= 11 is 0. The van der Waals surface area contributed by atoms with Crippen molar-refractivity contribution in [3.8, 4) is 0 Å². The van der Waals surface area contributed by atoms with Crippen molar-refractivity contribution in [2.24, 2.45) is 28.5 Å². The predicted octanol–water partition coefficient (Wildman–Crippen LogP) is 6.18. The largest absolute Gasteiger partial charge is 0.392 e. The molecule has 1 unspecified atom stereocenters. The van der Waals surface area contributed by atoms with Gasteiger partial charge in [0.25, 0.3) is 5.91 Å². The molecule has 214 valence electrons. The summed E-state index contributed by atoms with van der Waals surface area (Å²) in [5.41, 5.74) is 8.33. The van der Waals surface area contributed by atoms with Crippen LogP contribution in [0.2, 0.25) is 0 Å². The topological polar surface area (TPSA) is 96.0 Å². The van der Waals surface area contributed by atoms with Crippen LogP contribution in [0.25, 0.3) is 0 Å². The normalized spacial score (nSPS) is 23.5. The summed E-state index contributed by atoms with van der Waals surface area (Å²) in [6.45, 7) is 2.37. The molecule has 2 saturated carbocycles. The fourth-order valence-corrected chi connectivity index (χ4v) is 6.53. The molecule has 2 aliphatic carbocycles. The molecule has 3 aliphatic rings. The van der Waals surface area contributed by atoms with Crippen LogP contribution in [0.1, 0.15) is 95.1 Å². The molecule has 2 aromatic rings. The fraction of sp³-hybridized carbons (Fsp3) is 0.559. The number of carbonyl (C=O) groups excluding carboxylic acids is 2. The summed E-state index contributed by atoms with van der Waals surface area (Å²) in [5.74, 6) is -1.09. The van der Waals surface area contributed by atoms with Crippen molar-refractivity contribution in [1.82, 2.24) is 0 Å². The van der Waals surface area contributed by atoms with E-state index in [2.05, 4.69) is 6.92 Å². The lowest BCUT2D eigenvalue weighted by Gasteiger charge is -2.33. The van der Waals surface area contributed by atoms with Gasteiger partial charge in [-0.2, -0.15) is 0 Å². The molecular formula is C34H45N3O3. The number of amides is 1. The maximum atomic E-state index is 14.6. The van der Waals surface area contributed by atoms with E-state index >= 15 is 0 Å². The number of fused-ring (bicyclic) bond motifs is 1. The Morgan fingerprint density at radius 2 is 1.70 bits per heavy atom. The van der Waals surface area contributed by atoms with Crippen molar-refractivity contribution in [3.63, 3.8) is 0 Å². The Bertz CT molecular complexity index is 1200. The van der Waals surface area contributed by atoms with Gasteiger partial charge in [-0.25, -0.2) is 4.99 Å². The van der Waals surface area contributed by atoms with Crippen LogP contribution in [0.4, 0.5) is 5.69 Å². The zero-order valence-electron chi connectivity index (χ0n) is 23.9. The van der Waals surface area contributed by atoms with Gasteiger partial charge in [-0.3, -0.25) is 15.3 Å². The molecule has 1 aliphatic heterocycles. The van der Waals surface area contributed by atoms with Crippen molar-refractivity contribution in [3.05, 3.63) is 65.7 Å². The number of nitrogens with zero attached hydrogens (tertiary/aromatic N) is 2. The minimum absolute atomic E-state index is 0.135. The smallest absolute Gasteiger partial charge is 0.277 e. The lowest BCUT2D eigenvalue weighted by molar-refractivity contribution is -0.139. The predicted molar refractivity (Wildman–Crippen MR) is 160 cm³/mol. The molecule has 0 aromatic heterocycles. The number of para-hydroxylation sites is 1. The highest BCUT2D eigenvalue weighted by Gasteiger charge is 2.52. The molecule has 6 heteroatoms. The van der Waals surface area contributed by atoms with Gasteiger partial charge in [0, 0.05) is 17.4 Å². The van der Waals surface area contributed by atoms with Gasteiger partial charge in [-0.05, 0) is 43.2 Å². The Labute approximate surface area is 239 Å². The average molecular weight is 544 g/mol. The zero-order chi connectivity index (χ0) is 28.1. The standard InChI is InChI=1S/C34H45N3O3/c1-2-3-19-30(38)28(22-24-20-21-24)32(39)34(35)33(40)37(23-25-13-7-6-8-14-25)29-18-12-11-17-27(29)31(36-34)26-15-9-4-5-10-16-26/h6-8,11-14,17-18,24,26,28,30,38H,2-5,9-10,15-16,19-23,35H2,1H3/t28-,30+,34?/m1/s1. The lowest BCUT2D eigenvalue weighted by atomic mass is 9.82. The van der Waals surface area contributed by atoms with Crippen LogP contribution in [-0.2, 0) is 16.1 Å². The van der Waals surface area contributed by atoms with E-state index in [-0.39, 0.29) is 5.92 Å². The highest BCUT2D eigenvalue weighted by Crippen LogP contribution is 2.41. The number of carbonyl (C=O) groups is 2. The van der Waals surface area contributed by atoms with Gasteiger partial charge in [0.2, 0.25) is 5.66 Å². The van der Waals surface area contributed by atoms with Crippen LogP contribution < -0.4 is 10.6 Å². The van der Waals surface area contributed by atoms with Crippen molar-refractivity contribution < 1.29 is 14.7 Å². The number of hydrogen-bond donors (Lipinski definition) is 2. The average Bonchev–Trinajstić information content (AvgIpc) is 3.83. The first kappa shape index (κ1) is 28.7. The SMILES string of the molecule is CCCC[C@H](O)[C@@H](CC1CC1)C(=O)C1(N)N=C(C2CCCCCC2)c2ccccc2N(Cc2ccccc2)C1=O. The van der Waals surface area contributed by atoms with Gasteiger partial charge < -0.3 is 10.0 Å². The van der Waals surface area contributed by atoms with E-state index in [0.717, 1.165) is 73.9 Å². The van der Waals surface area contributed by atoms with Gasteiger partial charge in [0.15, 0.2) is 5.78 Å². The summed E-state index contributed by atoms with van der Waals surface area (Å²) in [4.78, 5) is 35.9. The summed E-state index contributed by atoms with van der Waals surface area (Å²) in [5, 5.41) is 11.3. The zero-order valence-corrected chi connectivity index (χ0v) is 23.9. The Balaban J connectivity index is 1.62. The molecule has 0 radical (unpaired) electrons. The number of anilines is 1. The van der Waals surface area contributed by atoms with E-state index in [1.807, 2.05) is 54.6 Å². The van der Waals surface area contributed by atoms with Gasteiger partial charge in [0.1, 0.15) is 0 Å². The molecule has 40 heavy (non-hydrogen) atoms. The molecule has 0 bridgehead atoms. The van der Waals surface area contributed by atoms with Crippen LogP contribution in [-0.4, -0.2) is 34.3 Å². The van der Waals surface area contributed by atoms with E-state index in [9.17, 15) is 14.7 Å². The van der Waals surface area contributed by atoms with E-state index in [4.69, 9.17) is 10.7 Å². The number of nitrogens with two attached hydrogens (primary N) is 1. The first-order valence-electron chi connectivity index (χ1n) is 15.5. The number of aliphatic imine (C=N–C) groups is 1. The maximum Gasteiger partial charge on any atom is 0.277 e. The van der Waals surface area contributed by atoms with Gasteiger partial charge in [0.05, 0.1) is 24.0 Å². The van der Waals surface area contributed by atoms with Crippen LogP contribution >= 0.6 is 0 Å². The van der Waals surface area contributed by atoms with E-state index in [1.54, 1.807) is 4.90 Å². The van der Waals surface area contributed by atoms with Crippen LogP contribution in [0.3, 0.4) is 0 Å². The van der Waals surface area contributed by atoms with Crippen molar-refractivity contribution in [2.45, 2.75) is 102 Å². The van der Waals surface area contributed by atoms with E-state index < -0.39 is 29.4 Å². The van der Waals surface area contributed by atoms with E-state index in [0.29, 0.717) is 25.3 Å². The molecular weight excluding hydrogens is 498 g/mol. The second kappa shape index (κ2) is 12.8.